The standard InChI is InChI=1S/C21H23N3O3/c1-13(2)20(25)22-16-10-9-14(3)17(11-16)23-21(26)19-12-18(24-27-19)15-7-5-4-6-8-15/h4-11,13,19H,12H2,1-3H3,(H,22,25)(H,23,26). The van der Waals surface area contributed by atoms with Gasteiger partial charge in [-0.15, -0.1) is 0 Å². The monoisotopic (exact) mass is 365 g/mol. The molecule has 3 rings (SSSR count). The van der Waals surface area contributed by atoms with Crippen molar-refractivity contribution in [2.24, 2.45) is 11.1 Å². The predicted molar refractivity (Wildman–Crippen MR) is 106 cm³/mol. The number of hydrogen-bond acceptors (Lipinski definition) is 4. The van der Waals surface area contributed by atoms with E-state index in [0.29, 0.717) is 17.8 Å². The number of anilines is 2. The highest BCUT2D eigenvalue weighted by Crippen LogP contribution is 2.23. The molecule has 27 heavy (non-hydrogen) atoms. The molecular formula is C21H23N3O3. The lowest BCUT2D eigenvalue weighted by molar-refractivity contribution is -0.125. The Kier molecular flexibility index (Phi) is 5.54. The van der Waals surface area contributed by atoms with Gasteiger partial charge in [0.05, 0.1) is 5.71 Å². The van der Waals surface area contributed by atoms with Gasteiger partial charge >= 0.3 is 0 Å². The Morgan fingerprint density at radius 1 is 1.11 bits per heavy atom. The molecule has 2 amide bonds. The average Bonchev–Trinajstić information content (AvgIpc) is 3.15. The van der Waals surface area contributed by atoms with Crippen molar-refractivity contribution >= 4 is 28.9 Å². The summed E-state index contributed by atoms with van der Waals surface area (Å²) in [5.41, 5.74) is 3.88. The van der Waals surface area contributed by atoms with Crippen molar-refractivity contribution in [2.75, 3.05) is 10.6 Å². The smallest absolute Gasteiger partial charge is 0.268 e. The zero-order chi connectivity index (χ0) is 19.4. The van der Waals surface area contributed by atoms with Gasteiger partial charge in [-0.25, -0.2) is 0 Å². The number of nitrogens with one attached hydrogen (secondary N) is 2. The summed E-state index contributed by atoms with van der Waals surface area (Å²) in [5.74, 6) is -0.457. The van der Waals surface area contributed by atoms with Crippen LogP contribution in [0.25, 0.3) is 0 Å². The molecule has 1 unspecified atom stereocenters. The van der Waals surface area contributed by atoms with E-state index in [9.17, 15) is 9.59 Å². The quantitative estimate of drug-likeness (QED) is 0.847. The molecule has 0 saturated carbocycles. The van der Waals surface area contributed by atoms with E-state index in [0.717, 1.165) is 16.8 Å². The van der Waals surface area contributed by atoms with Gasteiger partial charge in [-0.3, -0.25) is 9.59 Å². The number of rotatable bonds is 5. The Balaban J connectivity index is 1.65. The summed E-state index contributed by atoms with van der Waals surface area (Å²) < 4.78 is 0. The summed E-state index contributed by atoms with van der Waals surface area (Å²) in [5, 5.41) is 9.76. The molecule has 6 nitrogen and oxygen atoms in total. The van der Waals surface area contributed by atoms with Crippen molar-refractivity contribution in [3.05, 3.63) is 59.7 Å². The van der Waals surface area contributed by atoms with Crippen molar-refractivity contribution < 1.29 is 14.4 Å². The Labute approximate surface area is 158 Å². The third-order valence-corrected chi connectivity index (χ3v) is 4.36. The largest absolute Gasteiger partial charge is 0.382 e. The van der Waals surface area contributed by atoms with Gasteiger partial charge in [0.25, 0.3) is 5.91 Å². The van der Waals surface area contributed by atoms with Crippen LogP contribution < -0.4 is 10.6 Å². The average molecular weight is 365 g/mol. The summed E-state index contributed by atoms with van der Waals surface area (Å²) in [7, 11) is 0. The molecular weight excluding hydrogens is 342 g/mol. The SMILES string of the molecule is Cc1ccc(NC(=O)C(C)C)cc1NC(=O)C1CC(c2ccccc2)=NO1. The van der Waals surface area contributed by atoms with Gasteiger partial charge in [-0.05, 0) is 30.2 Å². The number of nitrogens with zero attached hydrogens (tertiary/aromatic N) is 1. The van der Waals surface area contributed by atoms with E-state index < -0.39 is 6.10 Å². The molecule has 0 fully saturated rings. The zero-order valence-corrected chi connectivity index (χ0v) is 15.7. The van der Waals surface area contributed by atoms with Crippen molar-refractivity contribution in [3.8, 4) is 0 Å². The minimum absolute atomic E-state index is 0.0730. The summed E-state index contributed by atoms with van der Waals surface area (Å²) in [6.07, 6.45) is -0.257. The highest BCUT2D eigenvalue weighted by atomic mass is 16.6. The van der Waals surface area contributed by atoms with E-state index in [1.54, 1.807) is 6.07 Å². The van der Waals surface area contributed by atoms with Crippen LogP contribution in [0.1, 0.15) is 31.4 Å². The van der Waals surface area contributed by atoms with E-state index >= 15 is 0 Å². The summed E-state index contributed by atoms with van der Waals surface area (Å²) in [6.45, 7) is 5.55. The second kappa shape index (κ2) is 8.03. The third-order valence-electron chi connectivity index (χ3n) is 4.36. The fourth-order valence-electron chi connectivity index (χ4n) is 2.65. The normalized spacial score (nSPS) is 15.9. The Morgan fingerprint density at radius 3 is 2.56 bits per heavy atom. The summed E-state index contributed by atoms with van der Waals surface area (Å²) >= 11 is 0. The van der Waals surface area contributed by atoms with E-state index in [2.05, 4.69) is 15.8 Å². The maximum Gasteiger partial charge on any atom is 0.268 e. The second-order valence-corrected chi connectivity index (χ2v) is 6.87. The molecule has 1 aliphatic rings. The molecule has 1 atom stereocenters. The topological polar surface area (TPSA) is 79.8 Å². The molecule has 0 radical (unpaired) electrons. The molecule has 0 aromatic heterocycles. The van der Waals surface area contributed by atoms with E-state index in [4.69, 9.17) is 4.84 Å². The molecule has 1 heterocycles. The van der Waals surface area contributed by atoms with E-state index in [1.165, 1.54) is 0 Å². The molecule has 0 aliphatic carbocycles. The molecule has 1 aliphatic heterocycles. The summed E-state index contributed by atoms with van der Waals surface area (Å²) in [6, 6.07) is 15.1. The molecule has 0 saturated heterocycles. The Bertz CT molecular complexity index is 875. The van der Waals surface area contributed by atoms with Gasteiger partial charge in [0.15, 0.2) is 0 Å². The lowest BCUT2D eigenvalue weighted by Gasteiger charge is -2.14. The van der Waals surface area contributed by atoms with Crippen LogP contribution in [0.15, 0.2) is 53.7 Å². The highest BCUT2D eigenvalue weighted by Gasteiger charge is 2.29. The van der Waals surface area contributed by atoms with Crippen molar-refractivity contribution in [1.82, 2.24) is 0 Å². The molecule has 0 bridgehead atoms. The fraction of sp³-hybridized carbons (Fsp3) is 0.286. The van der Waals surface area contributed by atoms with Crippen LogP contribution in [0.3, 0.4) is 0 Å². The first-order chi connectivity index (χ1) is 12.9. The number of benzene rings is 2. The van der Waals surface area contributed by atoms with E-state index in [-0.39, 0.29) is 17.7 Å². The van der Waals surface area contributed by atoms with Gasteiger partial charge in [0, 0.05) is 23.7 Å². The number of aryl methyl sites for hydroxylation is 1. The molecule has 2 aromatic rings. The van der Waals surface area contributed by atoms with Crippen LogP contribution in [0.4, 0.5) is 11.4 Å². The summed E-state index contributed by atoms with van der Waals surface area (Å²) in [4.78, 5) is 29.8. The van der Waals surface area contributed by atoms with Gasteiger partial charge in [-0.1, -0.05) is 55.4 Å². The number of oxime groups is 1. The van der Waals surface area contributed by atoms with Gasteiger partial charge in [0.2, 0.25) is 12.0 Å². The fourth-order valence-corrected chi connectivity index (χ4v) is 2.65. The maximum absolute atomic E-state index is 12.6. The first kappa shape index (κ1) is 18.6. The van der Waals surface area contributed by atoms with Crippen LogP contribution in [0.2, 0.25) is 0 Å². The lowest BCUT2D eigenvalue weighted by atomic mass is 10.0. The molecule has 2 aromatic carbocycles. The minimum atomic E-state index is -0.673. The molecule has 2 N–H and O–H groups in total. The molecule has 140 valence electrons. The third kappa shape index (κ3) is 4.53. The van der Waals surface area contributed by atoms with Crippen molar-refractivity contribution in [1.29, 1.82) is 0 Å². The first-order valence-electron chi connectivity index (χ1n) is 8.94. The molecule has 6 heteroatoms. The number of carbonyl (C=O) groups is 2. The van der Waals surface area contributed by atoms with Crippen LogP contribution >= 0.6 is 0 Å². The predicted octanol–water partition coefficient (Wildman–Crippen LogP) is 3.72. The van der Waals surface area contributed by atoms with Crippen molar-refractivity contribution in [3.63, 3.8) is 0 Å². The van der Waals surface area contributed by atoms with Gasteiger partial charge in [-0.2, -0.15) is 0 Å². The number of carbonyl (C=O) groups excluding carboxylic acids is 2. The van der Waals surface area contributed by atoms with Crippen LogP contribution in [-0.4, -0.2) is 23.6 Å². The minimum Gasteiger partial charge on any atom is -0.382 e. The zero-order valence-electron chi connectivity index (χ0n) is 15.7. The van der Waals surface area contributed by atoms with Gasteiger partial charge < -0.3 is 15.5 Å². The second-order valence-electron chi connectivity index (χ2n) is 6.87. The van der Waals surface area contributed by atoms with Crippen LogP contribution in [-0.2, 0) is 14.4 Å². The highest BCUT2D eigenvalue weighted by molar-refractivity contribution is 6.06. The lowest BCUT2D eigenvalue weighted by Crippen LogP contribution is -2.28. The number of amides is 2. The van der Waals surface area contributed by atoms with Crippen LogP contribution in [0, 0.1) is 12.8 Å². The number of hydrogen-bond donors (Lipinski definition) is 2. The first-order valence-corrected chi connectivity index (χ1v) is 8.94. The van der Waals surface area contributed by atoms with Gasteiger partial charge in [0.1, 0.15) is 0 Å². The Hall–Kier alpha value is -3.15. The maximum atomic E-state index is 12.6. The Morgan fingerprint density at radius 2 is 1.85 bits per heavy atom. The van der Waals surface area contributed by atoms with Crippen molar-refractivity contribution in [2.45, 2.75) is 33.3 Å². The van der Waals surface area contributed by atoms with E-state index in [1.807, 2.05) is 63.2 Å². The van der Waals surface area contributed by atoms with Crippen LogP contribution in [0.5, 0.6) is 0 Å². The molecule has 0 spiro atoms.